The number of nitrogens with one attached hydrogen (secondary N) is 1. The van der Waals surface area contributed by atoms with Gasteiger partial charge in [0.1, 0.15) is 24.2 Å². The van der Waals surface area contributed by atoms with E-state index in [1.54, 1.807) is 6.07 Å². The van der Waals surface area contributed by atoms with Crippen LogP contribution in [0, 0.1) is 34.3 Å². The first-order chi connectivity index (χ1) is 14.9. The Labute approximate surface area is 174 Å². The van der Waals surface area contributed by atoms with E-state index in [2.05, 4.69) is 10.4 Å². The summed E-state index contributed by atoms with van der Waals surface area (Å²) in [6, 6.07) is 12.3. The minimum Gasteiger partial charge on any atom is -0.337 e. The maximum atomic E-state index is 14.1. The molecule has 1 fully saturated rings. The third-order valence-electron chi connectivity index (χ3n) is 4.65. The summed E-state index contributed by atoms with van der Waals surface area (Å²) in [5.74, 6) is -2.25. The zero-order chi connectivity index (χ0) is 22.1. The summed E-state index contributed by atoms with van der Waals surface area (Å²) in [5, 5.41) is 25.1. The zero-order valence-electron chi connectivity index (χ0n) is 15.8. The number of hydrogen-bond donors (Lipinski definition) is 1. The molecule has 2 amide bonds. The Hall–Kier alpha value is -4.57. The lowest BCUT2D eigenvalue weighted by molar-refractivity contribution is -0.118. The summed E-state index contributed by atoms with van der Waals surface area (Å²) in [4.78, 5) is 25.5. The van der Waals surface area contributed by atoms with Crippen LogP contribution in [-0.2, 0) is 4.79 Å². The molecule has 0 bridgehead atoms. The molecule has 8 nitrogen and oxygen atoms in total. The largest absolute Gasteiger partial charge is 0.337 e. The Kier molecular flexibility index (Phi) is 4.89. The molecule has 0 aliphatic carbocycles. The lowest BCUT2D eigenvalue weighted by atomic mass is 10.1. The minimum absolute atomic E-state index is 0.0214. The fourth-order valence-electron chi connectivity index (χ4n) is 3.20. The van der Waals surface area contributed by atoms with Gasteiger partial charge in [-0.15, -0.1) is 0 Å². The SMILES string of the molecule is N#Cc1cc(F)cc(-c2cc(C(=O)N3CNC(=O)C3)nn2-c2ccc(F)c(C#N)c2)c1. The van der Waals surface area contributed by atoms with Crippen LogP contribution in [0.4, 0.5) is 8.78 Å². The van der Waals surface area contributed by atoms with Crippen LogP contribution in [0.1, 0.15) is 21.6 Å². The third-order valence-corrected chi connectivity index (χ3v) is 4.65. The quantitative estimate of drug-likeness (QED) is 0.700. The smallest absolute Gasteiger partial charge is 0.276 e. The molecular weight excluding hydrogens is 406 g/mol. The maximum absolute atomic E-state index is 14.1. The van der Waals surface area contributed by atoms with Gasteiger partial charge in [0.05, 0.1) is 35.2 Å². The number of aromatic nitrogens is 2. The lowest BCUT2D eigenvalue weighted by Gasteiger charge is -2.10. The minimum atomic E-state index is -0.726. The average molecular weight is 418 g/mol. The molecule has 1 aliphatic rings. The standard InChI is InChI=1S/C21H12F2N6O2/c22-15-4-12(8-24)3-13(5-15)19-7-18(21(31)28-10-20(30)26-11-28)27-29(19)16-1-2-17(23)14(6-16)9-25/h1-7H,10-11H2,(H,26,30). The van der Waals surface area contributed by atoms with Crippen molar-refractivity contribution in [3.05, 3.63) is 70.9 Å². The molecular formula is C21H12F2N6O2. The second-order valence-electron chi connectivity index (χ2n) is 6.70. The normalized spacial score (nSPS) is 12.9. The fraction of sp³-hybridized carbons (Fsp3) is 0.0952. The van der Waals surface area contributed by atoms with Gasteiger partial charge in [0.15, 0.2) is 5.69 Å². The number of hydrogen-bond acceptors (Lipinski definition) is 5. The molecule has 1 saturated heterocycles. The Morgan fingerprint density at radius 3 is 2.58 bits per heavy atom. The number of carbonyl (C=O) groups is 2. The number of rotatable bonds is 3. The van der Waals surface area contributed by atoms with Gasteiger partial charge in [-0.3, -0.25) is 9.59 Å². The van der Waals surface area contributed by atoms with Crippen LogP contribution < -0.4 is 5.32 Å². The van der Waals surface area contributed by atoms with Crippen LogP contribution in [0.15, 0.2) is 42.5 Å². The molecule has 0 spiro atoms. The van der Waals surface area contributed by atoms with Crippen LogP contribution in [0.3, 0.4) is 0 Å². The summed E-state index contributed by atoms with van der Waals surface area (Å²) in [7, 11) is 0. The third kappa shape index (κ3) is 3.70. The summed E-state index contributed by atoms with van der Waals surface area (Å²) < 4.78 is 29.1. The van der Waals surface area contributed by atoms with E-state index in [1.807, 2.05) is 6.07 Å². The van der Waals surface area contributed by atoms with Gasteiger partial charge in [0.2, 0.25) is 5.91 Å². The highest BCUT2D eigenvalue weighted by Crippen LogP contribution is 2.27. The predicted molar refractivity (Wildman–Crippen MR) is 102 cm³/mol. The highest BCUT2D eigenvalue weighted by molar-refractivity contribution is 5.97. The first-order valence-corrected chi connectivity index (χ1v) is 8.96. The average Bonchev–Trinajstić information content (AvgIpc) is 3.40. The van der Waals surface area contributed by atoms with Crippen molar-refractivity contribution in [1.82, 2.24) is 20.0 Å². The predicted octanol–water partition coefficient (Wildman–Crippen LogP) is 2.09. The van der Waals surface area contributed by atoms with E-state index in [4.69, 9.17) is 10.5 Å². The van der Waals surface area contributed by atoms with Gasteiger partial charge in [-0.05, 0) is 42.5 Å². The van der Waals surface area contributed by atoms with E-state index >= 15 is 0 Å². The molecule has 1 aliphatic heterocycles. The second kappa shape index (κ2) is 7.69. The molecule has 4 rings (SSSR count). The molecule has 2 aromatic carbocycles. The van der Waals surface area contributed by atoms with Crippen molar-refractivity contribution < 1.29 is 18.4 Å². The number of carbonyl (C=O) groups excluding carboxylic acids is 2. The van der Waals surface area contributed by atoms with Gasteiger partial charge < -0.3 is 10.2 Å². The Morgan fingerprint density at radius 1 is 1.10 bits per heavy atom. The van der Waals surface area contributed by atoms with E-state index in [-0.39, 0.29) is 52.9 Å². The van der Waals surface area contributed by atoms with Gasteiger partial charge in [-0.2, -0.15) is 15.6 Å². The molecule has 152 valence electrons. The number of nitriles is 2. The van der Waals surface area contributed by atoms with Gasteiger partial charge in [-0.25, -0.2) is 13.5 Å². The van der Waals surface area contributed by atoms with Crippen LogP contribution in [0.5, 0.6) is 0 Å². The highest BCUT2D eigenvalue weighted by atomic mass is 19.1. The van der Waals surface area contributed by atoms with E-state index in [9.17, 15) is 18.4 Å². The van der Waals surface area contributed by atoms with Gasteiger partial charge >= 0.3 is 0 Å². The van der Waals surface area contributed by atoms with Gasteiger partial charge in [0.25, 0.3) is 5.91 Å². The van der Waals surface area contributed by atoms with Gasteiger partial charge in [-0.1, -0.05) is 0 Å². The van der Waals surface area contributed by atoms with Crippen LogP contribution in [0.25, 0.3) is 16.9 Å². The van der Waals surface area contributed by atoms with Crippen molar-refractivity contribution >= 4 is 11.8 Å². The molecule has 0 atom stereocenters. The molecule has 1 N–H and O–H groups in total. The van der Waals surface area contributed by atoms with Crippen LogP contribution in [-0.4, -0.2) is 39.7 Å². The summed E-state index contributed by atoms with van der Waals surface area (Å²) in [5.41, 5.74) is 0.525. The maximum Gasteiger partial charge on any atom is 0.276 e. The van der Waals surface area contributed by atoms with E-state index < -0.39 is 17.5 Å². The molecule has 0 radical (unpaired) electrons. The van der Waals surface area contributed by atoms with E-state index in [0.29, 0.717) is 0 Å². The summed E-state index contributed by atoms with van der Waals surface area (Å²) in [6.45, 7) is -0.109. The number of amides is 2. The Balaban J connectivity index is 1.88. The number of nitrogens with zero attached hydrogens (tertiary/aromatic N) is 5. The molecule has 31 heavy (non-hydrogen) atoms. The van der Waals surface area contributed by atoms with Crippen molar-refractivity contribution in [2.24, 2.45) is 0 Å². The Morgan fingerprint density at radius 2 is 1.90 bits per heavy atom. The van der Waals surface area contributed by atoms with Crippen molar-refractivity contribution in [3.8, 4) is 29.1 Å². The van der Waals surface area contributed by atoms with Crippen molar-refractivity contribution in [1.29, 1.82) is 10.5 Å². The monoisotopic (exact) mass is 418 g/mol. The van der Waals surface area contributed by atoms with Crippen LogP contribution in [0.2, 0.25) is 0 Å². The fourth-order valence-corrected chi connectivity index (χ4v) is 3.20. The molecule has 2 heterocycles. The first-order valence-electron chi connectivity index (χ1n) is 8.96. The summed E-state index contributed by atoms with van der Waals surface area (Å²) >= 11 is 0. The number of benzene rings is 2. The lowest BCUT2D eigenvalue weighted by Crippen LogP contribution is -2.30. The molecule has 0 unspecified atom stereocenters. The number of halogens is 2. The molecule has 0 saturated carbocycles. The van der Waals surface area contributed by atoms with Crippen LogP contribution >= 0.6 is 0 Å². The first kappa shape index (κ1) is 19.7. The van der Waals surface area contributed by atoms with E-state index in [1.165, 1.54) is 33.8 Å². The molecule has 1 aromatic heterocycles. The molecule has 10 heteroatoms. The zero-order valence-corrected chi connectivity index (χ0v) is 15.8. The second-order valence-corrected chi connectivity index (χ2v) is 6.70. The van der Waals surface area contributed by atoms with Crippen molar-refractivity contribution in [3.63, 3.8) is 0 Å². The van der Waals surface area contributed by atoms with Crippen molar-refractivity contribution in [2.75, 3.05) is 13.2 Å². The topological polar surface area (TPSA) is 115 Å². The summed E-state index contributed by atoms with van der Waals surface area (Å²) in [6.07, 6.45) is 0. The molecule has 3 aromatic rings. The van der Waals surface area contributed by atoms with Gasteiger partial charge in [0, 0.05) is 5.56 Å². The Bertz CT molecular complexity index is 1320. The van der Waals surface area contributed by atoms with E-state index in [0.717, 1.165) is 18.2 Å². The highest BCUT2D eigenvalue weighted by Gasteiger charge is 2.27. The van der Waals surface area contributed by atoms with Crippen molar-refractivity contribution in [2.45, 2.75) is 0 Å².